The largest absolute Gasteiger partial charge is 0.478 e. The van der Waals surface area contributed by atoms with Crippen LogP contribution in [0.1, 0.15) is 51.4 Å². The van der Waals surface area contributed by atoms with Crippen LogP contribution >= 0.6 is 11.6 Å². The summed E-state index contributed by atoms with van der Waals surface area (Å²) in [6.07, 6.45) is 0. The standard InChI is InChI=1S/C23H24ClFN2O2/c1-14(17-8-5-4-6-9-17)26-12-18-15(2)27(16(3)22(18)23(28)29)13-19-20(24)10-7-11-21(19)25/h4-11,14,26H,12-13H2,1-3H3,(H,28,29)/t14-/m1/s1. The van der Waals surface area contributed by atoms with Crippen LogP contribution < -0.4 is 5.32 Å². The van der Waals surface area contributed by atoms with Crippen LogP contribution in [0, 0.1) is 19.7 Å². The maximum absolute atomic E-state index is 14.3. The maximum atomic E-state index is 14.3. The van der Waals surface area contributed by atoms with E-state index >= 15 is 0 Å². The monoisotopic (exact) mass is 414 g/mol. The van der Waals surface area contributed by atoms with Gasteiger partial charge < -0.3 is 15.0 Å². The van der Waals surface area contributed by atoms with E-state index in [0.29, 0.717) is 28.4 Å². The molecule has 0 aliphatic heterocycles. The Labute approximate surface area is 174 Å². The van der Waals surface area contributed by atoms with Crippen molar-refractivity contribution in [2.24, 2.45) is 0 Å². The minimum atomic E-state index is -0.992. The lowest BCUT2D eigenvalue weighted by atomic mass is 10.1. The number of aromatic nitrogens is 1. The molecule has 2 aromatic carbocycles. The first kappa shape index (κ1) is 21.1. The van der Waals surface area contributed by atoms with E-state index in [9.17, 15) is 14.3 Å². The summed E-state index contributed by atoms with van der Waals surface area (Å²) < 4.78 is 16.1. The van der Waals surface area contributed by atoms with E-state index in [2.05, 4.69) is 5.32 Å². The highest BCUT2D eigenvalue weighted by Crippen LogP contribution is 2.27. The molecule has 3 rings (SSSR count). The highest BCUT2D eigenvalue weighted by Gasteiger charge is 2.24. The van der Waals surface area contributed by atoms with Gasteiger partial charge in [0, 0.05) is 40.1 Å². The van der Waals surface area contributed by atoms with Crippen molar-refractivity contribution in [3.63, 3.8) is 0 Å². The van der Waals surface area contributed by atoms with Gasteiger partial charge in [-0.1, -0.05) is 48.0 Å². The van der Waals surface area contributed by atoms with Crippen LogP contribution in [0.3, 0.4) is 0 Å². The summed E-state index contributed by atoms with van der Waals surface area (Å²) >= 11 is 6.18. The molecule has 0 spiro atoms. The molecule has 0 aliphatic rings. The molecular formula is C23H24ClFN2O2. The van der Waals surface area contributed by atoms with Crippen LogP contribution in [0.25, 0.3) is 0 Å². The van der Waals surface area contributed by atoms with Gasteiger partial charge in [-0.3, -0.25) is 0 Å². The van der Waals surface area contributed by atoms with Crippen LogP contribution in [-0.4, -0.2) is 15.6 Å². The van der Waals surface area contributed by atoms with Gasteiger partial charge in [0.1, 0.15) is 5.82 Å². The van der Waals surface area contributed by atoms with Gasteiger partial charge in [-0.05, 0) is 38.5 Å². The number of hydrogen-bond acceptors (Lipinski definition) is 2. The minimum Gasteiger partial charge on any atom is -0.478 e. The van der Waals surface area contributed by atoms with Crippen molar-refractivity contribution < 1.29 is 14.3 Å². The number of halogens is 2. The zero-order chi connectivity index (χ0) is 21.1. The molecule has 0 bridgehead atoms. The molecule has 3 aromatic rings. The zero-order valence-corrected chi connectivity index (χ0v) is 17.4. The number of nitrogens with one attached hydrogen (secondary N) is 1. The Balaban J connectivity index is 1.93. The third kappa shape index (κ3) is 4.36. The molecular weight excluding hydrogens is 391 g/mol. The molecule has 0 saturated carbocycles. The lowest BCUT2D eigenvalue weighted by Gasteiger charge is -2.15. The molecule has 0 amide bonds. The summed E-state index contributed by atoms with van der Waals surface area (Å²) in [5.41, 5.74) is 3.79. The summed E-state index contributed by atoms with van der Waals surface area (Å²) in [4.78, 5) is 12.0. The number of nitrogens with zero attached hydrogens (tertiary/aromatic N) is 1. The first-order valence-electron chi connectivity index (χ1n) is 9.44. The number of carbonyl (C=O) groups is 1. The number of aromatic carboxylic acids is 1. The first-order chi connectivity index (χ1) is 13.8. The Morgan fingerprint density at radius 1 is 1.10 bits per heavy atom. The van der Waals surface area contributed by atoms with Gasteiger partial charge in [0.2, 0.25) is 0 Å². The molecule has 0 saturated heterocycles. The first-order valence-corrected chi connectivity index (χ1v) is 9.82. The molecule has 1 aromatic heterocycles. The van der Waals surface area contributed by atoms with Crippen LogP contribution in [0.4, 0.5) is 4.39 Å². The topological polar surface area (TPSA) is 54.3 Å². The summed E-state index contributed by atoms with van der Waals surface area (Å²) in [7, 11) is 0. The second-order valence-corrected chi connectivity index (χ2v) is 7.54. The molecule has 0 unspecified atom stereocenters. The molecule has 152 valence electrons. The summed E-state index contributed by atoms with van der Waals surface area (Å²) in [6.45, 7) is 6.21. The van der Waals surface area contributed by atoms with Gasteiger partial charge in [0.25, 0.3) is 0 Å². The Bertz CT molecular complexity index is 1010. The molecule has 29 heavy (non-hydrogen) atoms. The van der Waals surface area contributed by atoms with Crippen LogP contribution in [0.2, 0.25) is 5.02 Å². The van der Waals surface area contributed by atoms with Crippen molar-refractivity contribution in [3.8, 4) is 0 Å². The van der Waals surface area contributed by atoms with Gasteiger partial charge in [-0.25, -0.2) is 9.18 Å². The van der Waals surface area contributed by atoms with Gasteiger partial charge in [-0.15, -0.1) is 0 Å². The van der Waals surface area contributed by atoms with Gasteiger partial charge >= 0.3 is 5.97 Å². The minimum absolute atomic E-state index is 0.0573. The lowest BCUT2D eigenvalue weighted by molar-refractivity contribution is 0.0694. The highest BCUT2D eigenvalue weighted by molar-refractivity contribution is 6.31. The average molecular weight is 415 g/mol. The number of carboxylic acid groups (broad SMARTS) is 1. The Morgan fingerprint density at radius 2 is 1.79 bits per heavy atom. The van der Waals surface area contributed by atoms with Crippen molar-refractivity contribution in [2.45, 2.75) is 39.9 Å². The molecule has 0 aliphatic carbocycles. The van der Waals surface area contributed by atoms with Crippen LogP contribution in [-0.2, 0) is 13.1 Å². The molecule has 0 radical (unpaired) electrons. The second-order valence-electron chi connectivity index (χ2n) is 7.13. The molecule has 6 heteroatoms. The summed E-state index contributed by atoms with van der Waals surface area (Å²) in [5.74, 6) is -1.40. The number of rotatable bonds is 7. The van der Waals surface area contributed by atoms with E-state index in [1.54, 1.807) is 19.1 Å². The van der Waals surface area contributed by atoms with Crippen LogP contribution in [0.5, 0.6) is 0 Å². The Kier molecular flexibility index (Phi) is 6.40. The molecule has 1 heterocycles. The zero-order valence-electron chi connectivity index (χ0n) is 16.7. The SMILES string of the molecule is Cc1c(CN[C@H](C)c2ccccc2)c(C(=O)O)c(C)n1Cc1c(F)cccc1Cl. The Hall–Kier alpha value is -2.63. The van der Waals surface area contributed by atoms with Crippen molar-refractivity contribution >= 4 is 17.6 Å². The molecule has 2 N–H and O–H groups in total. The predicted octanol–water partition coefficient (Wildman–Crippen LogP) is 5.49. The van der Waals surface area contributed by atoms with Gasteiger partial charge in [0.15, 0.2) is 0 Å². The number of hydrogen-bond donors (Lipinski definition) is 2. The van der Waals surface area contributed by atoms with Crippen molar-refractivity contribution in [2.75, 3.05) is 0 Å². The third-order valence-corrected chi connectivity index (χ3v) is 5.74. The van der Waals surface area contributed by atoms with E-state index in [-0.39, 0.29) is 18.2 Å². The Morgan fingerprint density at radius 3 is 2.41 bits per heavy atom. The highest BCUT2D eigenvalue weighted by atomic mass is 35.5. The van der Waals surface area contributed by atoms with Crippen molar-refractivity contribution in [1.29, 1.82) is 0 Å². The average Bonchev–Trinajstić information content (AvgIpc) is 2.93. The van der Waals surface area contributed by atoms with Crippen molar-refractivity contribution in [1.82, 2.24) is 9.88 Å². The molecule has 4 nitrogen and oxygen atoms in total. The van der Waals surface area contributed by atoms with E-state index in [0.717, 1.165) is 11.3 Å². The third-order valence-electron chi connectivity index (χ3n) is 5.39. The fourth-order valence-corrected chi connectivity index (χ4v) is 3.86. The number of carboxylic acids is 1. The summed E-state index contributed by atoms with van der Waals surface area (Å²) in [6, 6.07) is 14.6. The van der Waals surface area contributed by atoms with E-state index in [4.69, 9.17) is 11.6 Å². The van der Waals surface area contributed by atoms with E-state index in [1.165, 1.54) is 6.07 Å². The normalized spacial score (nSPS) is 12.2. The summed E-state index contributed by atoms with van der Waals surface area (Å²) in [5, 5.41) is 13.5. The van der Waals surface area contributed by atoms with Gasteiger partial charge in [-0.2, -0.15) is 0 Å². The fraction of sp³-hybridized carbons (Fsp3) is 0.261. The number of benzene rings is 2. The molecule has 1 atom stereocenters. The smallest absolute Gasteiger partial charge is 0.337 e. The fourth-order valence-electron chi connectivity index (χ4n) is 3.64. The van der Waals surface area contributed by atoms with Crippen molar-refractivity contribution in [3.05, 3.63) is 93.0 Å². The van der Waals surface area contributed by atoms with Crippen LogP contribution in [0.15, 0.2) is 48.5 Å². The predicted molar refractivity (Wildman–Crippen MR) is 113 cm³/mol. The van der Waals surface area contributed by atoms with E-state index < -0.39 is 11.8 Å². The second kappa shape index (κ2) is 8.80. The quantitative estimate of drug-likeness (QED) is 0.537. The maximum Gasteiger partial charge on any atom is 0.337 e. The van der Waals surface area contributed by atoms with E-state index in [1.807, 2.05) is 48.7 Å². The lowest BCUT2D eigenvalue weighted by Crippen LogP contribution is -2.19. The van der Waals surface area contributed by atoms with Gasteiger partial charge in [0.05, 0.1) is 12.1 Å². The molecule has 0 fully saturated rings.